The Morgan fingerprint density at radius 3 is 2.68 bits per heavy atom. The summed E-state index contributed by atoms with van der Waals surface area (Å²) in [6.07, 6.45) is 4.64. The molecule has 0 N–H and O–H groups in total. The maximum atomic E-state index is 13.4. The van der Waals surface area contributed by atoms with Crippen molar-refractivity contribution in [3.63, 3.8) is 0 Å². The van der Waals surface area contributed by atoms with Crippen LogP contribution in [0.3, 0.4) is 0 Å². The number of nitrogens with zero attached hydrogens (tertiary/aromatic N) is 2. The number of halogens is 1. The number of hydrogen-bond donors (Lipinski definition) is 0. The Hall–Kier alpha value is -0.270. The molecule has 0 aliphatic carbocycles. The molecule has 0 spiro atoms. The summed E-state index contributed by atoms with van der Waals surface area (Å²) in [5, 5.41) is 0.473. The van der Waals surface area contributed by atoms with Crippen LogP contribution in [-0.4, -0.2) is 61.3 Å². The lowest BCUT2D eigenvalue weighted by Crippen LogP contribution is -2.49. The molecule has 1 aromatic rings. The molecule has 0 bridgehead atoms. The second kappa shape index (κ2) is 8.61. The van der Waals surface area contributed by atoms with Gasteiger partial charge in [-0.05, 0) is 62.7 Å². The van der Waals surface area contributed by atoms with Crippen LogP contribution in [0.15, 0.2) is 23.1 Å². The molecule has 1 unspecified atom stereocenters. The van der Waals surface area contributed by atoms with Crippen LogP contribution in [-0.2, 0) is 10.0 Å². The van der Waals surface area contributed by atoms with E-state index in [0.717, 1.165) is 43.1 Å². The van der Waals surface area contributed by atoms with Gasteiger partial charge in [0.15, 0.2) is 0 Å². The highest BCUT2D eigenvalue weighted by Crippen LogP contribution is 2.28. The maximum Gasteiger partial charge on any atom is 0.243 e. The van der Waals surface area contributed by atoms with Crippen molar-refractivity contribution >= 4 is 33.4 Å². The lowest BCUT2D eigenvalue weighted by molar-refractivity contribution is 0.183. The normalized spacial score (nSPS) is 24.2. The first kappa shape index (κ1) is 19.5. The van der Waals surface area contributed by atoms with Gasteiger partial charge in [0.1, 0.15) is 0 Å². The molecular weight excluding hydrogens is 376 g/mol. The first-order valence-corrected chi connectivity index (χ1v) is 12.0. The van der Waals surface area contributed by atoms with Gasteiger partial charge in [-0.3, -0.25) is 0 Å². The topological polar surface area (TPSA) is 40.6 Å². The summed E-state index contributed by atoms with van der Waals surface area (Å²) in [4.78, 5) is 2.79. The van der Waals surface area contributed by atoms with Crippen LogP contribution >= 0.6 is 23.4 Å². The Morgan fingerprint density at radius 2 is 1.92 bits per heavy atom. The molecule has 0 radical (unpaired) electrons. The first-order chi connectivity index (χ1) is 12.0. The van der Waals surface area contributed by atoms with Crippen LogP contribution in [0.4, 0.5) is 0 Å². The van der Waals surface area contributed by atoms with E-state index in [1.54, 1.807) is 22.5 Å². The molecule has 2 aliphatic heterocycles. The van der Waals surface area contributed by atoms with E-state index in [2.05, 4.69) is 4.90 Å². The van der Waals surface area contributed by atoms with Crippen LogP contribution < -0.4 is 0 Å². The molecule has 2 heterocycles. The lowest BCUT2D eigenvalue weighted by Gasteiger charge is -2.35. The predicted octanol–water partition coefficient (Wildman–Crippen LogP) is 3.63. The fourth-order valence-electron chi connectivity index (χ4n) is 3.69. The molecule has 25 heavy (non-hydrogen) atoms. The zero-order valence-corrected chi connectivity index (χ0v) is 17.2. The van der Waals surface area contributed by atoms with Crippen molar-refractivity contribution in [2.24, 2.45) is 0 Å². The van der Waals surface area contributed by atoms with Gasteiger partial charge in [-0.25, -0.2) is 8.42 Å². The van der Waals surface area contributed by atoms with Crippen molar-refractivity contribution in [3.05, 3.63) is 28.8 Å². The molecule has 2 fully saturated rings. The number of likely N-dealkylation sites (tertiary alicyclic amines) is 1. The quantitative estimate of drug-likeness (QED) is 0.771. The van der Waals surface area contributed by atoms with Crippen LogP contribution in [0.1, 0.15) is 31.2 Å². The monoisotopic (exact) mass is 402 g/mol. The van der Waals surface area contributed by atoms with Crippen molar-refractivity contribution < 1.29 is 8.42 Å². The third-order valence-corrected chi connectivity index (χ3v) is 8.57. The molecule has 1 aromatic carbocycles. The van der Waals surface area contributed by atoms with Gasteiger partial charge in [0.25, 0.3) is 0 Å². The van der Waals surface area contributed by atoms with Crippen molar-refractivity contribution in [1.82, 2.24) is 9.21 Å². The van der Waals surface area contributed by atoms with Gasteiger partial charge in [-0.15, -0.1) is 0 Å². The summed E-state index contributed by atoms with van der Waals surface area (Å²) in [7, 11) is -3.53. The highest BCUT2D eigenvalue weighted by molar-refractivity contribution is 7.99. The average molecular weight is 403 g/mol. The van der Waals surface area contributed by atoms with Crippen LogP contribution in [0.5, 0.6) is 0 Å². The van der Waals surface area contributed by atoms with Crippen LogP contribution in [0.2, 0.25) is 5.02 Å². The summed E-state index contributed by atoms with van der Waals surface area (Å²) in [5.74, 6) is 1.90. The van der Waals surface area contributed by atoms with Crippen molar-refractivity contribution in [1.29, 1.82) is 0 Å². The van der Waals surface area contributed by atoms with Gasteiger partial charge in [0.05, 0.1) is 4.90 Å². The number of benzene rings is 1. The Bertz CT molecular complexity index is 690. The highest BCUT2D eigenvalue weighted by Gasteiger charge is 2.34. The Kier molecular flexibility index (Phi) is 6.71. The van der Waals surface area contributed by atoms with Crippen molar-refractivity contribution in [2.45, 2.75) is 43.5 Å². The first-order valence-electron chi connectivity index (χ1n) is 9.06. The van der Waals surface area contributed by atoms with Crippen LogP contribution in [0.25, 0.3) is 0 Å². The SMILES string of the molecule is Cc1ccc(Cl)cc1S(=O)(=O)N1CCCSCC1CN1CCCCC1. The van der Waals surface area contributed by atoms with Gasteiger partial charge in [0.2, 0.25) is 10.0 Å². The molecule has 3 rings (SSSR count). The van der Waals surface area contributed by atoms with Crippen molar-refractivity contribution in [2.75, 3.05) is 37.7 Å². The van der Waals surface area contributed by atoms with E-state index in [-0.39, 0.29) is 6.04 Å². The number of rotatable bonds is 4. The largest absolute Gasteiger partial charge is 0.302 e. The molecule has 1 atom stereocenters. The predicted molar refractivity (Wildman–Crippen MR) is 106 cm³/mol. The third kappa shape index (κ3) is 4.72. The smallest absolute Gasteiger partial charge is 0.243 e. The molecule has 2 aliphatic rings. The van der Waals surface area contributed by atoms with Crippen LogP contribution in [0, 0.1) is 6.92 Å². The number of aryl methyl sites for hydroxylation is 1. The number of hydrogen-bond acceptors (Lipinski definition) is 4. The zero-order chi connectivity index (χ0) is 17.9. The Labute approximate surface area is 161 Å². The summed E-state index contributed by atoms with van der Waals surface area (Å²) >= 11 is 7.97. The van der Waals surface area contributed by atoms with E-state index in [1.165, 1.54) is 19.3 Å². The number of piperidine rings is 1. The molecular formula is C18H27ClN2O2S2. The summed E-state index contributed by atoms with van der Waals surface area (Å²) in [5.41, 5.74) is 0.762. The van der Waals surface area contributed by atoms with E-state index in [1.807, 2.05) is 18.7 Å². The minimum absolute atomic E-state index is 0.0361. The fourth-order valence-corrected chi connectivity index (χ4v) is 6.98. The molecule has 0 aromatic heterocycles. The lowest BCUT2D eigenvalue weighted by atomic mass is 10.1. The standard InChI is InChI=1S/C18H27ClN2O2S2/c1-15-6-7-16(19)12-18(15)25(22,23)21-10-5-11-24-14-17(21)13-20-8-3-2-4-9-20/h6-7,12,17H,2-5,8-11,13-14H2,1H3. The van der Waals surface area contributed by atoms with Crippen molar-refractivity contribution in [3.8, 4) is 0 Å². The number of thioether (sulfide) groups is 1. The van der Waals surface area contributed by atoms with Gasteiger partial charge in [-0.1, -0.05) is 24.1 Å². The molecule has 0 saturated carbocycles. The molecule has 140 valence electrons. The second-order valence-electron chi connectivity index (χ2n) is 6.97. The Balaban J connectivity index is 1.87. The van der Waals surface area contributed by atoms with Gasteiger partial charge < -0.3 is 4.90 Å². The number of sulfonamides is 1. The summed E-state index contributed by atoms with van der Waals surface area (Å²) < 4.78 is 28.6. The Morgan fingerprint density at radius 1 is 1.16 bits per heavy atom. The minimum Gasteiger partial charge on any atom is -0.302 e. The van der Waals surface area contributed by atoms with Gasteiger partial charge >= 0.3 is 0 Å². The van der Waals surface area contributed by atoms with E-state index in [9.17, 15) is 8.42 Å². The second-order valence-corrected chi connectivity index (χ2v) is 10.4. The maximum absolute atomic E-state index is 13.4. The van der Waals surface area contributed by atoms with E-state index < -0.39 is 10.0 Å². The van der Waals surface area contributed by atoms with E-state index in [0.29, 0.717) is 16.5 Å². The van der Waals surface area contributed by atoms with E-state index in [4.69, 9.17) is 11.6 Å². The van der Waals surface area contributed by atoms with E-state index >= 15 is 0 Å². The van der Waals surface area contributed by atoms with Gasteiger partial charge in [-0.2, -0.15) is 16.1 Å². The summed E-state index contributed by atoms with van der Waals surface area (Å²) in [6.45, 7) is 5.46. The highest BCUT2D eigenvalue weighted by atomic mass is 35.5. The molecule has 4 nitrogen and oxygen atoms in total. The molecule has 7 heteroatoms. The molecule has 0 amide bonds. The molecule has 2 saturated heterocycles. The average Bonchev–Trinajstić information content (AvgIpc) is 2.84. The van der Waals surface area contributed by atoms with Gasteiger partial charge in [0, 0.05) is 29.9 Å². The summed E-state index contributed by atoms with van der Waals surface area (Å²) in [6, 6.07) is 5.18. The minimum atomic E-state index is -3.53. The third-order valence-electron chi connectivity index (χ3n) is 5.04. The zero-order valence-electron chi connectivity index (χ0n) is 14.8. The fraction of sp³-hybridized carbons (Fsp3) is 0.667.